The highest BCUT2D eigenvalue weighted by Gasteiger charge is 2.33. The van der Waals surface area contributed by atoms with Crippen molar-refractivity contribution < 1.29 is 28.0 Å². The van der Waals surface area contributed by atoms with Crippen LogP contribution < -0.4 is 10.6 Å². The van der Waals surface area contributed by atoms with Crippen LogP contribution in [0.25, 0.3) is 0 Å². The Kier molecular flexibility index (Phi) is 12.0. The van der Waals surface area contributed by atoms with Crippen LogP contribution in [0.3, 0.4) is 0 Å². The van der Waals surface area contributed by atoms with Gasteiger partial charge in [-0.05, 0) is 51.8 Å². The molecule has 1 atom stereocenters. The number of rotatable bonds is 10. The zero-order valence-corrected chi connectivity index (χ0v) is 23.8. The Morgan fingerprint density at radius 3 is 2.46 bits per heavy atom. The van der Waals surface area contributed by atoms with Gasteiger partial charge in [0.05, 0.1) is 17.3 Å². The van der Waals surface area contributed by atoms with Gasteiger partial charge in [-0.25, -0.2) is 4.98 Å². The number of likely N-dealkylation sites (tertiary alicyclic amines) is 1. The van der Waals surface area contributed by atoms with Gasteiger partial charge in [0.1, 0.15) is 11.5 Å². The SMILES string of the molecule is C=C(/C=C(\N=CC)C(=O)NC(C)C(C)=N/C=C(\C)C(=O)Nc1cc(C(F)(F)F)c(CC)cn1)N1CCC(=NO)CC1. The number of pyridine rings is 1. The lowest BCUT2D eigenvalue weighted by Gasteiger charge is -2.29. The molecule has 13 heteroatoms. The van der Waals surface area contributed by atoms with Crippen molar-refractivity contribution in [2.45, 2.75) is 66.1 Å². The van der Waals surface area contributed by atoms with Crippen LogP contribution in [0.4, 0.5) is 19.0 Å². The van der Waals surface area contributed by atoms with Crippen molar-refractivity contribution in [2.75, 3.05) is 18.4 Å². The first-order chi connectivity index (χ1) is 19.3. The summed E-state index contributed by atoms with van der Waals surface area (Å²) in [5, 5.41) is 17.4. The number of carbonyl (C=O) groups is 2. The van der Waals surface area contributed by atoms with E-state index in [2.05, 4.69) is 37.3 Å². The van der Waals surface area contributed by atoms with Gasteiger partial charge in [-0.2, -0.15) is 13.2 Å². The van der Waals surface area contributed by atoms with Crippen LogP contribution in [0.1, 0.15) is 58.6 Å². The van der Waals surface area contributed by atoms with Crippen LogP contribution in [0.15, 0.2) is 63.2 Å². The number of aryl methyl sites for hydroxylation is 1. The molecule has 1 aliphatic heterocycles. The number of carbonyl (C=O) groups excluding carboxylic acids is 2. The third-order valence-electron chi connectivity index (χ3n) is 6.40. The first-order valence-electron chi connectivity index (χ1n) is 13.0. The number of halogens is 3. The van der Waals surface area contributed by atoms with Crippen molar-refractivity contribution in [2.24, 2.45) is 15.1 Å². The Morgan fingerprint density at radius 1 is 1.24 bits per heavy atom. The van der Waals surface area contributed by atoms with E-state index in [1.807, 2.05) is 4.90 Å². The molecular weight excluding hydrogens is 539 g/mol. The van der Waals surface area contributed by atoms with Gasteiger partial charge in [-0.1, -0.05) is 18.7 Å². The molecule has 0 bridgehead atoms. The Hall–Kier alpha value is -4.29. The average molecular weight is 576 g/mol. The molecule has 0 aliphatic carbocycles. The zero-order chi connectivity index (χ0) is 30.7. The molecule has 0 saturated carbocycles. The molecule has 10 nitrogen and oxygen atoms in total. The smallest absolute Gasteiger partial charge is 0.411 e. The third kappa shape index (κ3) is 9.69. The topological polar surface area (TPSA) is 132 Å². The number of hydrogen-bond acceptors (Lipinski definition) is 8. The standard InChI is InChI=1S/C28H36F3N7O3/c1-7-21-16-34-25(14-23(21)28(29,30)31)36-26(39)17(3)15-33-19(5)20(6)35-27(40)24(32-8-2)13-18(4)38-11-9-22(37-41)10-12-38/h8,13-16,20,41H,4,7,9-12H2,1-3,5-6H3,(H,35,40)(H,34,36,39)/b17-15+,24-13-,32-8?,33-19?. The number of amides is 2. The summed E-state index contributed by atoms with van der Waals surface area (Å²) in [5.74, 6) is -1.35. The first kappa shape index (κ1) is 32.9. The highest BCUT2D eigenvalue weighted by Crippen LogP contribution is 2.33. The van der Waals surface area contributed by atoms with Gasteiger partial charge in [0.25, 0.3) is 11.8 Å². The van der Waals surface area contributed by atoms with E-state index in [0.717, 1.165) is 12.3 Å². The molecule has 2 amide bonds. The Bertz CT molecular complexity index is 1290. The number of nitrogens with one attached hydrogen (secondary N) is 2. The maximum atomic E-state index is 13.3. The molecular formula is C28H36F3N7O3. The van der Waals surface area contributed by atoms with Gasteiger partial charge in [-0.3, -0.25) is 19.6 Å². The quantitative estimate of drug-likeness (QED) is 0.120. The summed E-state index contributed by atoms with van der Waals surface area (Å²) in [6, 6.07) is 0.273. The van der Waals surface area contributed by atoms with E-state index in [4.69, 9.17) is 5.21 Å². The normalized spacial score (nSPS) is 16.0. The molecule has 1 fully saturated rings. The highest BCUT2D eigenvalue weighted by atomic mass is 19.4. The van der Waals surface area contributed by atoms with Gasteiger partial charge in [-0.15, -0.1) is 0 Å². The first-order valence-corrected chi connectivity index (χ1v) is 13.0. The van der Waals surface area contributed by atoms with Crippen LogP contribution in [0, 0.1) is 0 Å². The molecule has 2 rings (SSSR count). The third-order valence-corrected chi connectivity index (χ3v) is 6.40. The van der Waals surface area contributed by atoms with Crippen LogP contribution >= 0.6 is 0 Å². The summed E-state index contributed by atoms with van der Waals surface area (Å²) in [7, 11) is 0. The van der Waals surface area contributed by atoms with Crippen LogP contribution in [0.5, 0.6) is 0 Å². The molecule has 41 heavy (non-hydrogen) atoms. The lowest BCUT2D eigenvalue weighted by Crippen LogP contribution is -2.38. The van der Waals surface area contributed by atoms with E-state index >= 15 is 0 Å². The van der Waals surface area contributed by atoms with E-state index in [-0.39, 0.29) is 29.1 Å². The summed E-state index contributed by atoms with van der Waals surface area (Å²) in [4.78, 5) is 39.7. The molecule has 1 aliphatic rings. The predicted octanol–water partition coefficient (Wildman–Crippen LogP) is 4.89. The molecule has 0 aromatic carbocycles. The second kappa shape index (κ2) is 14.9. The number of nitrogens with zero attached hydrogens (tertiary/aromatic N) is 5. The number of alkyl halides is 3. The lowest BCUT2D eigenvalue weighted by molar-refractivity contribution is -0.138. The fraction of sp³-hybridized carbons (Fsp3) is 0.429. The number of aliphatic imine (C=N–C) groups is 2. The maximum Gasteiger partial charge on any atom is 0.416 e. The number of hydrogen-bond donors (Lipinski definition) is 3. The van der Waals surface area contributed by atoms with Crippen molar-refractivity contribution in [1.29, 1.82) is 0 Å². The number of piperidine rings is 1. The Balaban J connectivity index is 2.07. The Morgan fingerprint density at radius 2 is 1.90 bits per heavy atom. The minimum atomic E-state index is -4.57. The molecule has 3 N–H and O–H groups in total. The second-order valence-corrected chi connectivity index (χ2v) is 9.37. The van der Waals surface area contributed by atoms with E-state index in [1.165, 1.54) is 19.3 Å². The van der Waals surface area contributed by atoms with Gasteiger partial charge in [0.15, 0.2) is 0 Å². The molecule has 1 aromatic rings. The van der Waals surface area contributed by atoms with Crippen molar-refractivity contribution in [3.05, 3.63) is 59.2 Å². The van der Waals surface area contributed by atoms with Crippen molar-refractivity contribution in [1.82, 2.24) is 15.2 Å². The minimum absolute atomic E-state index is 0.0316. The average Bonchev–Trinajstić information content (AvgIpc) is 2.94. The van der Waals surface area contributed by atoms with Gasteiger partial charge in [0, 0.05) is 61.5 Å². The Labute approximate surface area is 237 Å². The van der Waals surface area contributed by atoms with Crippen LogP contribution in [-0.4, -0.2) is 63.7 Å². The van der Waals surface area contributed by atoms with E-state index in [0.29, 0.717) is 43.1 Å². The molecule has 1 saturated heterocycles. The van der Waals surface area contributed by atoms with E-state index in [1.54, 1.807) is 33.8 Å². The largest absolute Gasteiger partial charge is 0.416 e. The van der Waals surface area contributed by atoms with Crippen molar-refractivity contribution in [3.8, 4) is 0 Å². The molecule has 0 spiro atoms. The van der Waals surface area contributed by atoms with Crippen molar-refractivity contribution in [3.63, 3.8) is 0 Å². The van der Waals surface area contributed by atoms with Crippen LogP contribution in [0.2, 0.25) is 0 Å². The number of aromatic nitrogens is 1. The summed E-state index contributed by atoms with van der Waals surface area (Å²) in [5.41, 5.74) is 1.24. The van der Waals surface area contributed by atoms with E-state index < -0.39 is 29.6 Å². The summed E-state index contributed by atoms with van der Waals surface area (Å²) >= 11 is 0. The minimum Gasteiger partial charge on any atom is -0.411 e. The van der Waals surface area contributed by atoms with Crippen molar-refractivity contribution >= 4 is 35.3 Å². The molecule has 0 radical (unpaired) electrons. The fourth-order valence-electron chi connectivity index (χ4n) is 3.76. The second-order valence-electron chi connectivity index (χ2n) is 9.37. The number of anilines is 1. The van der Waals surface area contributed by atoms with Gasteiger partial charge in [0.2, 0.25) is 0 Å². The lowest BCUT2D eigenvalue weighted by atomic mass is 10.1. The number of oxime groups is 1. The van der Waals surface area contributed by atoms with Gasteiger partial charge >= 0.3 is 6.18 Å². The van der Waals surface area contributed by atoms with Gasteiger partial charge < -0.3 is 20.7 Å². The monoisotopic (exact) mass is 575 g/mol. The summed E-state index contributed by atoms with van der Waals surface area (Å²) < 4.78 is 40.0. The number of allylic oxidation sites excluding steroid dienone is 1. The molecule has 1 unspecified atom stereocenters. The molecule has 2 heterocycles. The molecule has 222 valence electrons. The maximum absolute atomic E-state index is 13.3. The summed E-state index contributed by atoms with van der Waals surface area (Å²) in [6.07, 6.45) is 2.19. The van der Waals surface area contributed by atoms with Crippen LogP contribution in [-0.2, 0) is 22.2 Å². The zero-order valence-electron chi connectivity index (χ0n) is 23.8. The summed E-state index contributed by atoms with van der Waals surface area (Å²) in [6.45, 7) is 13.3. The predicted molar refractivity (Wildman–Crippen MR) is 153 cm³/mol. The van der Waals surface area contributed by atoms with E-state index in [9.17, 15) is 22.8 Å². The molecule has 1 aromatic heterocycles. The fourth-order valence-corrected chi connectivity index (χ4v) is 3.76. The highest BCUT2D eigenvalue weighted by molar-refractivity contribution is 6.03.